The molecule has 1 fully saturated rings. The number of amides is 1. The number of carbonyl (C=O) groups is 1. The fraction of sp³-hybridized carbons (Fsp3) is 0.857. The van der Waals surface area contributed by atoms with Gasteiger partial charge in [-0.1, -0.05) is 0 Å². The van der Waals surface area contributed by atoms with Crippen LogP contribution in [0.1, 0.15) is 25.7 Å². The third kappa shape index (κ3) is 2.67. The fourth-order valence-electron chi connectivity index (χ4n) is 1.55. The van der Waals surface area contributed by atoms with E-state index in [4.69, 9.17) is 5.84 Å². The van der Waals surface area contributed by atoms with E-state index in [1.165, 1.54) is 0 Å². The zero-order chi connectivity index (χ0) is 9.03. The number of hydrogen-bond acceptors (Lipinski definition) is 3. The minimum atomic E-state index is -1.29. The summed E-state index contributed by atoms with van der Waals surface area (Å²) in [6, 6.07) is 0. The number of rotatable bonds is 1. The van der Waals surface area contributed by atoms with Gasteiger partial charge in [0.2, 0.25) is 0 Å². The van der Waals surface area contributed by atoms with E-state index < -0.39 is 6.09 Å². The number of quaternary nitrogens is 1. The summed E-state index contributed by atoms with van der Waals surface area (Å²) in [7, 11) is 0. The predicted octanol–water partition coefficient (Wildman–Crippen LogP) is -0.901. The minimum Gasteiger partial charge on any atom is -0.526 e. The van der Waals surface area contributed by atoms with Gasteiger partial charge in [-0.05, 0) is 12.8 Å². The van der Waals surface area contributed by atoms with Crippen LogP contribution in [-0.2, 0) is 0 Å². The summed E-state index contributed by atoms with van der Waals surface area (Å²) in [6.07, 6.45) is 2.91. The van der Waals surface area contributed by atoms with Crippen LogP contribution in [0.5, 0.6) is 0 Å². The molecule has 0 saturated carbocycles. The van der Waals surface area contributed by atoms with Gasteiger partial charge in [-0.15, -0.1) is 0 Å². The molecule has 0 atom stereocenters. The van der Waals surface area contributed by atoms with Gasteiger partial charge in [0.1, 0.15) is 13.1 Å². The van der Waals surface area contributed by atoms with Crippen LogP contribution in [0.25, 0.3) is 0 Å². The molecule has 5 heteroatoms. The average molecular weight is 173 g/mol. The molecule has 0 aliphatic carbocycles. The second-order valence-corrected chi connectivity index (χ2v) is 3.29. The van der Waals surface area contributed by atoms with Crippen LogP contribution < -0.4 is 16.4 Å². The lowest BCUT2D eigenvalue weighted by Gasteiger charge is -2.31. The molecule has 0 aromatic rings. The van der Waals surface area contributed by atoms with Gasteiger partial charge in [-0.3, -0.25) is 0 Å². The summed E-state index contributed by atoms with van der Waals surface area (Å²) in [5.74, 6) is 5.77. The van der Waals surface area contributed by atoms with Gasteiger partial charge in [-0.2, -0.15) is 10.5 Å². The van der Waals surface area contributed by atoms with E-state index in [0.717, 1.165) is 25.7 Å². The molecule has 3 N–H and O–H groups in total. The lowest BCUT2D eigenvalue weighted by Crippen LogP contribution is -2.67. The Morgan fingerprint density at radius 1 is 1.25 bits per heavy atom. The van der Waals surface area contributed by atoms with Crippen LogP contribution in [0.3, 0.4) is 0 Å². The Hall–Kier alpha value is -0.810. The molecule has 1 rings (SSSR count). The summed E-state index contributed by atoms with van der Waals surface area (Å²) in [5, 5.41) is 10.3. The second kappa shape index (κ2) is 3.73. The molecule has 1 aliphatic rings. The van der Waals surface area contributed by atoms with Crippen molar-refractivity contribution < 1.29 is 14.6 Å². The van der Waals surface area contributed by atoms with E-state index >= 15 is 0 Å². The van der Waals surface area contributed by atoms with Crippen LogP contribution in [0.15, 0.2) is 0 Å². The number of carbonyl (C=O) groups excluding carboxylic acids is 1. The van der Waals surface area contributed by atoms with Crippen LogP contribution in [0.4, 0.5) is 4.79 Å². The van der Waals surface area contributed by atoms with Crippen molar-refractivity contribution in [1.29, 1.82) is 0 Å². The molecule has 0 radical (unpaired) electrons. The fourth-order valence-corrected chi connectivity index (χ4v) is 1.55. The van der Waals surface area contributed by atoms with Gasteiger partial charge in [0.25, 0.3) is 0 Å². The summed E-state index contributed by atoms with van der Waals surface area (Å²) in [6.45, 7) is 1.32. The monoisotopic (exact) mass is 173 g/mol. The Balaban J connectivity index is 2.48. The van der Waals surface area contributed by atoms with Crippen molar-refractivity contribution in [2.24, 2.45) is 5.84 Å². The predicted molar refractivity (Wildman–Crippen MR) is 41.2 cm³/mol. The lowest BCUT2D eigenvalue weighted by atomic mass is 10.2. The molecule has 1 amide bonds. The average Bonchev–Trinajstić information content (AvgIpc) is 2.12. The molecular weight excluding hydrogens is 158 g/mol. The Morgan fingerprint density at radius 2 is 1.75 bits per heavy atom. The maximum Gasteiger partial charge on any atom is 0.187 e. The Bertz CT molecular complexity index is 164. The van der Waals surface area contributed by atoms with Crippen LogP contribution in [0.2, 0.25) is 0 Å². The first-order chi connectivity index (χ1) is 5.62. The molecule has 1 saturated heterocycles. The molecule has 1 heterocycles. The van der Waals surface area contributed by atoms with E-state index in [1.54, 1.807) is 0 Å². The Kier molecular flexibility index (Phi) is 2.88. The zero-order valence-corrected chi connectivity index (χ0v) is 7.08. The summed E-state index contributed by atoms with van der Waals surface area (Å²) in [4.78, 5) is 10.3. The smallest absolute Gasteiger partial charge is 0.187 e. The SMILES string of the molecule is N[N+]1(NC(=O)[O-])CCCCCC1. The van der Waals surface area contributed by atoms with Gasteiger partial charge in [-0.25, -0.2) is 5.43 Å². The van der Waals surface area contributed by atoms with E-state index in [9.17, 15) is 9.90 Å². The molecule has 12 heavy (non-hydrogen) atoms. The van der Waals surface area contributed by atoms with E-state index in [2.05, 4.69) is 5.43 Å². The quantitative estimate of drug-likeness (QED) is 0.398. The molecule has 1 aliphatic heterocycles. The number of carboxylic acid groups (broad SMARTS) is 1. The van der Waals surface area contributed by atoms with Crippen LogP contribution in [-0.4, -0.2) is 23.9 Å². The molecular formula is C7H15N3O2. The lowest BCUT2D eigenvalue weighted by molar-refractivity contribution is -0.974. The molecule has 0 aromatic carbocycles. The Labute approximate surface area is 71.7 Å². The third-order valence-electron chi connectivity index (χ3n) is 2.18. The molecule has 0 spiro atoms. The zero-order valence-electron chi connectivity index (χ0n) is 7.08. The highest BCUT2D eigenvalue weighted by molar-refractivity contribution is 5.60. The highest BCUT2D eigenvalue weighted by Crippen LogP contribution is 2.10. The van der Waals surface area contributed by atoms with Crippen molar-refractivity contribution in [3.63, 3.8) is 0 Å². The summed E-state index contributed by atoms with van der Waals surface area (Å²) >= 11 is 0. The van der Waals surface area contributed by atoms with Crippen molar-refractivity contribution in [3.8, 4) is 0 Å². The summed E-state index contributed by atoms with van der Waals surface area (Å²) in [5.41, 5.74) is 2.22. The summed E-state index contributed by atoms with van der Waals surface area (Å²) < 4.78 is -0.0810. The Morgan fingerprint density at radius 3 is 2.17 bits per heavy atom. The van der Waals surface area contributed by atoms with E-state index in [-0.39, 0.29) is 4.70 Å². The molecule has 70 valence electrons. The number of nitrogens with two attached hydrogens (primary N) is 1. The topological polar surface area (TPSA) is 78.2 Å². The standard InChI is InChI=1S/C7H15N3O2/c8-10(9-7(11)12)5-3-1-2-4-6-10/h9H,1-6,8H2. The number of nitrogens with zero attached hydrogens (tertiary/aromatic N) is 1. The largest absolute Gasteiger partial charge is 0.526 e. The van der Waals surface area contributed by atoms with Gasteiger partial charge >= 0.3 is 0 Å². The first-order valence-corrected chi connectivity index (χ1v) is 4.27. The van der Waals surface area contributed by atoms with Crippen molar-refractivity contribution in [2.75, 3.05) is 13.1 Å². The molecule has 0 unspecified atom stereocenters. The van der Waals surface area contributed by atoms with Gasteiger partial charge in [0, 0.05) is 12.8 Å². The van der Waals surface area contributed by atoms with Crippen molar-refractivity contribution in [2.45, 2.75) is 25.7 Å². The van der Waals surface area contributed by atoms with Crippen molar-refractivity contribution in [1.82, 2.24) is 5.43 Å². The third-order valence-corrected chi connectivity index (χ3v) is 2.18. The number of nitrogens with one attached hydrogen (secondary N) is 1. The highest BCUT2D eigenvalue weighted by Gasteiger charge is 2.24. The molecule has 5 nitrogen and oxygen atoms in total. The van der Waals surface area contributed by atoms with Gasteiger partial charge in [0.15, 0.2) is 6.09 Å². The second-order valence-electron chi connectivity index (χ2n) is 3.29. The maximum atomic E-state index is 10.3. The van der Waals surface area contributed by atoms with Crippen LogP contribution in [0, 0.1) is 0 Å². The highest BCUT2D eigenvalue weighted by atomic mass is 16.4. The maximum absolute atomic E-state index is 10.3. The van der Waals surface area contributed by atoms with Gasteiger partial charge < -0.3 is 9.90 Å². The number of hydrogen-bond donors (Lipinski definition) is 2. The van der Waals surface area contributed by atoms with E-state index in [0.29, 0.717) is 13.1 Å². The minimum absolute atomic E-state index is 0.0810. The normalized spacial score (nSPS) is 22.8. The molecule has 0 bridgehead atoms. The van der Waals surface area contributed by atoms with E-state index in [1.807, 2.05) is 0 Å². The van der Waals surface area contributed by atoms with Gasteiger partial charge in [0.05, 0.1) is 0 Å². The molecule has 0 aromatic heterocycles. The van der Waals surface area contributed by atoms with Crippen molar-refractivity contribution >= 4 is 6.09 Å². The van der Waals surface area contributed by atoms with Crippen molar-refractivity contribution in [3.05, 3.63) is 0 Å². The first-order valence-electron chi connectivity index (χ1n) is 4.27. The first kappa shape index (κ1) is 9.28. The van der Waals surface area contributed by atoms with Crippen LogP contribution >= 0.6 is 0 Å².